The number of thiophene rings is 1. The number of anilines is 1. The molecular formula is C23H20N4O2S5. The summed E-state index contributed by atoms with van der Waals surface area (Å²) >= 11 is 11.1. The molecular weight excluding hydrogens is 525 g/mol. The van der Waals surface area contributed by atoms with Crippen molar-refractivity contribution in [2.24, 2.45) is 0 Å². The average Bonchev–Trinajstić information content (AvgIpc) is 3.56. The van der Waals surface area contributed by atoms with Crippen molar-refractivity contribution in [3.8, 4) is 0 Å². The molecule has 2 amide bonds. The van der Waals surface area contributed by atoms with Crippen molar-refractivity contribution in [1.29, 1.82) is 0 Å². The van der Waals surface area contributed by atoms with Gasteiger partial charge in [0, 0.05) is 23.6 Å². The normalized spacial score (nSPS) is 15.1. The summed E-state index contributed by atoms with van der Waals surface area (Å²) in [6.45, 7) is 0.408. The molecule has 174 valence electrons. The van der Waals surface area contributed by atoms with Gasteiger partial charge in [-0.2, -0.15) is 0 Å². The number of thiocarbonyl (C=S) groups is 1. The second-order valence-electron chi connectivity index (χ2n) is 7.00. The molecule has 0 spiro atoms. The van der Waals surface area contributed by atoms with Crippen LogP contribution in [-0.2, 0) is 9.59 Å². The first-order valence-electron chi connectivity index (χ1n) is 10.3. The van der Waals surface area contributed by atoms with Gasteiger partial charge < -0.3 is 5.32 Å². The highest BCUT2D eigenvalue weighted by Gasteiger charge is 2.31. The second kappa shape index (κ2) is 12.4. The lowest BCUT2D eigenvalue weighted by molar-refractivity contribution is -0.122. The van der Waals surface area contributed by atoms with Crippen LogP contribution >= 0.6 is 58.4 Å². The second-order valence-corrected chi connectivity index (χ2v) is 11.9. The molecule has 3 heterocycles. The largest absolute Gasteiger partial charge is 0.301 e. The van der Waals surface area contributed by atoms with E-state index in [0.717, 1.165) is 20.5 Å². The van der Waals surface area contributed by atoms with Crippen molar-refractivity contribution in [1.82, 2.24) is 15.1 Å². The van der Waals surface area contributed by atoms with Crippen LogP contribution in [0.5, 0.6) is 0 Å². The Kier molecular flexibility index (Phi) is 9.05. The number of carbonyl (C=O) groups is 2. The lowest BCUT2D eigenvalue weighted by Gasteiger charge is -2.13. The van der Waals surface area contributed by atoms with E-state index in [4.69, 9.17) is 12.2 Å². The van der Waals surface area contributed by atoms with Crippen LogP contribution in [-0.4, -0.2) is 43.5 Å². The third-order valence-electron chi connectivity index (χ3n) is 4.54. The molecule has 0 bridgehead atoms. The van der Waals surface area contributed by atoms with Gasteiger partial charge in [-0.15, -0.1) is 21.5 Å². The van der Waals surface area contributed by atoms with Crippen molar-refractivity contribution in [2.45, 2.75) is 17.2 Å². The van der Waals surface area contributed by atoms with Crippen LogP contribution in [0.15, 0.2) is 63.2 Å². The lowest BCUT2D eigenvalue weighted by Crippen LogP contribution is -2.29. The minimum absolute atomic E-state index is 0.101. The highest BCUT2D eigenvalue weighted by molar-refractivity contribution is 8.26. The molecule has 0 saturated carbocycles. The molecule has 11 heteroatoms. The quantitative estimate of drug-likeness (QED) is 0.145. The number of thioether (sulfide) groups is 2. The molecule has 3 aromatic rings. The third-order valence-corrected chi connectivity index (χ3v) is 8.66. The molecule has 6 nitrogen and oxygen atoms in total. The average molecular weight is 545 g/mol. The summed E-state index contributed by atoms with van der Waals surface area (Å²) in [7, 11) is 0. The maximum absolute atomic E-state index is 12.6. The first kappa shape index (κ1) is 24.8. The first-order chi connectivity index (χ1) is 16.6. The summed E-state index contributed by atoms with van der Waals surface area (Å²) in [4.78, 5) is 28.1. The van der Waals surface area contributed by atoms with Gasteiger partial charge in [0.25, 0.3) is 5.91 Å². The van der Waals surface area contributed by atoms with Gasteiger partial charge in [0.1, 0.15) is 4.32 Å². The highest BCUT2D eigenvalue weighted by Crippen LogP contribution is 2.33. The Hall–Kier alpha value is -2.31. The fourth-order valence-electron chi connectivity index (χ4n) is 2.96. The van der Waals surface area contributed by atoms with Gasteiger partial charge in [0.15, 0.2) is 4.34 Å². The topological polar surface area (TPSA) is 75.2 Å². The minimum atomic E-state index is -0.156. The predicted octanol–water partition coefficient (Wildman–Crippen LogP) is 6.03. The SMILES string of the molecule is O=C(CCCN1C(=O)/C(=C\c2cccs2)SC1=S)Nc1nnc(SC/C=C/c2ccccc2)s1. The summed E-state index contributed by atoms with van der Waals surface area (Å²) < 4.78 is 1.32. The van der Waals surface area contributed by atoms with Crippen molar-refractivity contribution in [2.75, 3.05) is 17.6 Å². The number of amides is 2. The van der Waals surface area contributed by atoms with Crippen LogP contribution in [0.25, 0.3) is 12.2 Å². The van der Waals surface area contributed by atoms with Crippen LogP contribution in [0.4, 0.5) is 5.13 Å². The highest BCUT2D eigenvalue weighted by atomic mass is 32.2. The van der Waals surface area contributed by atoms with Gasteiger partial charge >= 0.3 is 0 Å². The molecule has 0 aliphatic carbocycles. The molecule has 1 aromatic carbocycles. The maximum Gasteiger partial charge on any atom is 0.266 e. The van der Waals surface area contributed by atoms with Crippen LogP contribution in [0.1, 0.15) is 23.3 Å². The van der Waals surface area contributed by atoms with E-state index in [1.54, 1.807) is 28.0 Å². The fraction of sp³-hybridized carbons (Fsp3) is 0.174. The zero-order valence-electron chi connectivity index (χ0n) is 17.9. The number of nitrogens with one attached hydrogen (secondary N) is 1. The summed E-state index contributed by atoms with van der Waals surface area (Å²) in [5, 5.41) is 13.4. The Morgan fingerprint density at radius 3 is 2.82 bits per heavy atom. The van der Waals surface area contributed by atoms with Gasteiger partial charge in [-0.3, -0.25) is 14.5 Å². The van der Waals surface area contributed by atoms with E-state index in [2.05, 4.69) is 27.7 Å². The summed E-state index contributed by atoms with van der Waals surface area (Å²) in [5.41, 5.74) is 1.15. The van der Waals surface area contributed by atoms with Crippen LogP contribution in [0.2, 0.25) is 0 Å². The molecule has 1 N–H and O–H groups in total. The zero-order valence-corrected chi connectivity index (χ0v) is 22.0. The molecule has 1 aliphatic heterocycles. The van der Waals surface area contributed by atoms with Crippen LogP contribution in [0.3, 0.4) is 0 Å². The van der Waals surface area contributed by atoms with E-state index in [9.17, 15) is 9.59 Å². The van der Waals surface area contributed by atoms with Crippen molar-refractivity contribution >= 4 is 91.8 Å². The molecule has 1 aliphatic rings. The Bertz CT molecular complexity index is 1210. The monoisotopic (exact) mass is 544 g/mol. The zero-order chi connectivity index (χ0) is 23.8. The number of nitrogens with zero attached hydrogens (tertiary/aromatic N) is 3. The predicted molar refractivity (Wildman–Crippen MR) is 148 cm³/mol. The smallest absolute Gasteiger partial charge is 0.266 e. The summed E-state index contributed by atoms with van der Waals surface area (Å²) in [5.74, 6) is 0.509. The number of hydrogen-bond donors (Lipinski definition) is 1. The molecule has 0 radical (unpaired) electrons. The molecule has 0 unspecified atom stereocenters. The maximum atomic E-state index is 12.6. The third kappa shape index (κ3) is 7.09. The lowest BCUT2D eigenvalue weighted by atomic mass is 10.2. The van der Waals surface area contributed by atoms with E-state index in [0.29, 0.717) is 27.3 Å². The van der Waals surface area contributed by atoms with E-state index in [1.165, 1.54) is 23.1 Å². The number of hydrogen-bond acceptors (Lipinski definition) is 9. The Morgan fingerprint density at radius 2 is 2.03 bits per heavy atom. The van der Waals surface area contributed by atoms with Crippen molar-refractivity contribution < 1.29 is 9.59 Å². The van der Waals surface area contributed by atoms with E-state index >= 15 is 0 Å². The number of aromatic nitrogens is 2. The summed E-state index contributed by atoms with van der Waals surface area (Å²) in [6.07, 6.45) is 6.77. The molecule has 4 rings (SSSR count). The van der Waals surface area contributed by atoms with E-state index < -0.39 is 0 Å². The number of rotatable bonds is 10. The van der Waals surface area contributed by atoms with Crippen molar-refractivity contribution in [3.05, 3.63) is 69.3 Å². The van der Waals surface area contributed by atoms with E-state index in [1.807, 2.05) is 53.9 Å². The van der Waals surface area contributed by atoms with Crippen molar-refractivity contribution in [3.63, 3.8) is 0 Å². The van der Waals surface area contributed by atoms with Gasteiger partial charge in [-0.05, 0) is 29.5 Å². The van der Waals surface area contributed by atoms with Crippen LogP contribution < -0.4 is 5.32 Å². The first-order valence-corrected chi connectivity index (χ1v) is 14.3. The van der Waals surface area contributed by atoms with Gasteiger partial charge in [-0.1, -0.05) is 95.6 Å². The molecule has 34 heavy (non-hydrogen) atoms. The summed E-state index contributed by atoms with van der Waals surface area (Å²) in [6, 6.07) is 14.0. The molecule has 1 fully saturated rings. The fourth-order valence-corrected chi connectivity index (χ4v) is 6.60. The molecule has 1 saturated heterocycles. The Morgan fingerprint density at radius 1 is 1.18 bits per heavy atom. The standard InChI is InChI=1S/C23H20N4O2S5/c28-19(11-4-12-27-20(29)18(33-23(27)30)15-17-10-6-13-31-17)24-21-25-26-22(34-21)32-14-5-9-16-7-2-1-3-8-16/h1-3,5-10,13,15H,4,11-12,14H2,(H,24,25,28)/b9-5+,18-15+. The molecule has 2 aromatic heterocycles. The number of carbonyl (C=O) groups excluding carboxylic acids is 2. The Labute approximate surface area is 219 Å². The van der Waals surface area contributed by atoms with Gasteiger partial charge in [0.05, 0.1) is 4.91 Å². The molecule has 0 atom stereocenters. The Balaban J connectivity index is 1.18. The van der Waals surface area contributed by atoms with Gasteiger partial charge in [0.2, 0.25) is 11.0 Å². The number of benzene rings is 1. The van der Waals surface area contributed by atoms with E-state index in [-0.39, 0.29) is 18.2 Å². The van der Waals surface area contributed by atoms with Crippen LogP contribution in [0, 0.1) is 0 Å². The van der Waals surface area contributed by atoms with Gasteiger partial charge in [-0.25, -0.2) is 0 Å². The minimum Gasteiger partial charge on any atom is -0.301 e.